The van der Waals surface area contributed by atoms with Crippen molar-refractivity contribution >= 4 is 20.9 Å². The predicted molar refractivity (Wildman–Crippen MR) is 168 cm³/mol. The molecule has 0 spiro atoms. The van der Waals surface area contributed by atoms with E-state index in [9.17, 15) is 13.2 Å². The van der Waals surface area contributed by atoms with Crippen molar-refractivity contribution in [3.8, 4) is 11.4 Å². The summed E-state index contributed by atoms with van der Waals surface area (Å²) in [7, 11) is -3.90. The van der Waals surface area contributed by atoms with Crippen molar-refractivity contribution in [1.29, 1.82) is 0 Å². The first kappa shape index (κ1) is 30.9. The first-order chi connectivity index (χ1) is 20.5. The van der Waals surface area contributed by atoms with Crippen LogP contribution in [0.2, 0.25) is 0 Å². The fourth-order valence-electron chi connectivity index (χ4n) is 5.25. The highest BCUT2D eigenvalue weighted by atomic mass is 32.2. The number of aromatic nitrogens is 2. The molecule has 4 aromatic rings. The third-order valence-corrected chi connectivity index (χ3v) is 8.92. The quantitative estimate of drug-likeness (QED) is 0.279. The summed E-state index contributed by atoms with van der Waals surface area (Å²) in [6.45, 7) is 12.7. The molecule has 1 aromatic heterocycles. The molecule has 1 fully saturated rings. The summed E-state index contributed by atoms with van der Waals surface area (Å²) >= 11 is 0. The number of nitrogens with one attached hydrogen (secondary N) is 1. The van der Waals surface area contributed by atoms with Gasteiger partial charge in [0.15, 0.2) is 0 Å². The number of hydrogen-bond donors (Lipinski definition) is 1. The Labute approximate surface area is 253 Å². The first-order valence-electron chi connectivity index (χ1n) is 14.7. The van der Waals surface area contributed by atoms with Gasteiger partial charge in [0.1, 0.15) is 18.2 Å². The summed E-state index contributed by atoms with van der Waals surface area (Å²) < 4.78 is 42.4. The smallest absolute Gasteiger partial charge is 0.266 e. The number of morpholine rings is 1. The molecule has 0 saturated carbocycles. The second-order valence-electron chi connectivity index (χ2n) is 12.1. The molecule has 1 aliphatic heterocycles. The molecule has 1 N–H and O–H groups in total. The van der Waals surface area contributed by atoms with Crippen LogP contribution in [0.4, 0.5) is 0 Å². The van der Waals surface area contributed by atoms with E-state index in [0.717, 1.165) is 44.8 Å². The van der Waals surface area contributed by atoms with Gasteiger partial charge in [0.05, 0.1) is 40.7 Å². The second kappa shape index (κ2) is 13.0. The largest absolute Gasteiger partial charge is 0.492 e. The summed E-state index contributed by atoms with van der Waals surface area (Å²) in [6, 6.07) is 20.4. The van der Waals surface area contributed by atoms with E-state index < -0.39 is 16.1 Å². The number of para-hydroxylation sites is 1. The van der Waals surface area contributed by atoms with Gasteiger partial charge >= 0.3 is 0 Å². The van der Waals surface area contributed by atoms with Crippen LogP contribution in [-0.2, 0) is 21.2 Å². The summed E-state index contributed by atoms with van der Waals surface area (Å²) in [4.78, 5) is 21.0. The Kier molecular flexibility index (Phi) is 9.31. The lowest BCUT2D eigenvalue weighted by molar-refractivity contribution is 0.0322. The van der Waals surface area contributed by atoms with Gasteiger partial charge in [-0.15, -0.1) is 0 Å². The zero-order chi connectivity index (χ0) is 30.6. The molecular formula is C33H40N4O5S. The number of rotatable bonds is 10. The van der Waals surface area contributed by atoms with E-state index in [4.69, 9.17) is 14.5 Å². The first-order valence-corrected chi connectivity index (χ1v) is 16.1. The summed E-state index contributed by atoms with van der Waals surface area (Å²) in [6.07, 6.45) is 0.835. The van der Waals surface area contributed by atoms with Crippen molar-refractivity contribution < 1.29 is 17.9 Å². The van der Waals surface area contributed by atoms with Gasteiger partial charge in [0, 0.05) is 19.6 Å². The lowest BCUT2D eigenvalue weighted by Crippen LogP contribution is -2.38. The third-order valence-electron chi connectivity index (χ3n) is 7.36. The van der Waals surface area contributed by atoms with Gasteiger partial charge in [0.25, 0.3) is 5.56 Å². The molecule has 2 heterocycles. The van der Waals surface area contributed by atoms with Crippen LogP contribution in [0.5, 0.6) is 5.75 Å². The van der Waals surface area contributed by atoms with Crippen LogP contribution in [0.1, 0.15) is 45.1 Å². The maximum absolute atomic E-state index is 13.8. The number of ether oxygens (including phenoxy) is 2. The fraction of sp³-hybridized carbons (Fsp3) is 0.394. The molecular weight excluding hydrogens is 564 g/mol. The number of nitrogens with zero attached hydrogens (tertiary/aromatic N) is 3. The van der Waals surface area contributed by atoms with E-state index in [1.54, 1.807) is 55.5 Å². The Morgan fingerprint density at radius 2 is 1.65 bits per heavy atom. The Hall–Kier alpha value is -3.57. The van der Waals surface area contributed by atoms with E-state index in [0.29, 0.717) is 28.9 Å². The summed E-state index contributed by atoms with van der Waals surface area (Å²) in [5, 5.41) is 0.446. The van der Waals surface area contributed by atoms with Gasteiger partial charge < -0.3 is 9.47 Å². The molecule has 0 radical (unpaired) electrons. The standard InChI is InChI=1S/C33H40N4O5S/c1-24(35-43(39,40)28-15-9-25(10-16-28)23-33(2,3)4)31-34-30-8-6-5-7-29(30)32(38)37(31)26-11-13-27(14-12-26)42-22-19-36-17-20-41-21-18-36/h5-16,24,35H,17-23H2,1-4H3. The van der Waals surface area contributed by atoms with E-state index in [1.165, 1.54) is 4.57 Å². The molecule has 228 valence electrons. The van der Waals surface area contributed by atoms with Gasteiger partial charge in [-0.2, -0.15) is 0 Å². The van der Waals surface area contributed by atoms with Crippen LogP contribution < -0.4 is 15.0 Å². The minimum atomic E-state index is -3.90. The summed E-state index contributed by atoms with van der Waals surface area (Å²) in [5.74, 6) is 0.974. The predicted octanol–water partition coefficient (Wildman–Crippen LogP) is 4.72. The Morgan fingerprint density at radius 3 is 2.33 bits per heavy atom. The average Bonchev–Trinajstić information content (AvgIpc) is 2.97. The van der Waals surface area contributed by atoms with E-state index >= 15 is 0 Å². The van der Waals surface area contributed by atoms with E-state index in [-0.39, 0.29) is 21.7 Å². The molecule has 0 aliphatic carbocycles. The zero-order valence-corrected chi connectivity index (χ0v) is 26.1. The Morgan fingerprint density at radius 1 is 0.977 bits per heavy atom. The number of sulfonamides is 1. The van der Waals surface area contributed by atoms with Crippen LogP contribution in [-0.4, -0.2) is 62.3 Å². The van der Waals surface area contributed by atoms with Gasteiger partial charge in [-0.3, -0.25) is 14.3 Å². The minimum absolute atomic E-state index is 0.0891. The van der Waals surface area contributed by atoms with Crippen LogP contribution in [0.15, 0.2) is 82.5 Å². The lowest BCUT2D eigenvalue weighted by atomic mass is 9.88. The molecule has 1 atom stereocenters. The molecule has 0 bridgehead atoms. The third kappa shape index (κ3) is 7.69. The minimum Gasteiger partial charge on any atom is -0.492 e. The molecule has 5 rings (SSSR count). The average molecular weight is 605 g/mol. The molecule has 1 unspecified atom stereocenters. The molecule has 0 amide bonds. The van der Waals surface area contributed by atoms with Gasteiger partial charge in [-0.25, -0.2) is 18.1 Å². The second-order valence-corrected chi connectivity index (χ2v) is 13.9. The van der Waals surface area contributed by atoms with Crippen molar-refractivity contribution in [3.05, 3.63) is 94.5 Å². The van der Waals surface area contributed by atoms with Gasteiger partial charge in [0.2, 0.25) is 10.0 Å². The van der Waals surface area contributed by atoms with Gasteiger partial charge in [-0.05, 0) is 72.9 Å². The van der Waals surface area contributed by atoms with Crippen LogP contribution in [0, 0.1) is 5.41 Å². The molecule has 43 heavy (non-hydrogen) atoms. The number of hydrogen-bond acceptors (Lipinski definition) is 7. The monoisotopic (exact) mass is 604 g/mol. The molecule has 1 saturated heterocycles. The van der Waals surface area contributed by atoms with E-state index in [2.05, 4.69) is 30.4 Å². The Bertz CT molecular complexity index is 1710. The lowest BCUT2D eigenvalue weighted by Gasteiger charge is -2.26. The molecule has 1 aliphatic rings. The Balaban J connectivity index is 1.40. The number of fused-ring (bicyclic) bond motifs is 1. The van der Waals surface area contributed by atoms with Gasteiger partial charge in [-0.1, -0.05) is 45.0 Å². The van der Waals surface area contributed by atoms with Crippen LogP contribution in [0.25, 0.3) is 16.6 Å². The van der Waals surface area contributed by atoms with Crippen molar-refractivity contribution in [2.45, 2.75) is 45.1 Å². The van der Waals surface area contributed by atoms with Crippen molar-refractivity contribution in [2.24, 2.45) is 5.41 Å². The highest BCUT2D eigenvalue weighted by molar-refractivity contribution is 7.89. The zero-order valence-electron chi connectivity index (χ0n) is 25.2. The van der Waals surface area contributed by atoms with Crippen molar-refractivity contribution in [2.75, 3.05) is 39.5 Å². The van der Waals surface area contributed by atoms with Crippen molar-refractivity contribution in [1.82, 2.24) is 19.2 Å². The number of benzene rings is 3. The SMILES string of the molecule is CC(NS(=O)(=O)c1ccc(CC(C)(C)C)cc1)c1nc2ccccc2c(=O)n1-c1ccc(OCCN2CCOCC2)cc1. The van der Waals surface area contributed by atoms with E-state index in [1.807, 2.05) is 24.3 Å². The highest BCUT2D eigenvalue weighted by Crippen LogP contribution is 2.24. The fourth-order valence-corrected chi connectivity index (χ4v) is 6.45. The maximum Gasteiger partial charge on any atom is 0.266 e. The van der Waals surface area contributed by atoms with Crippen LogP contribution in [0.3, 0.4) is 0 Å². The highest BCUT2D eigenvalue weighted by Gasteiger charge is 2.24. The molecule has 3 aromatic carbocycles. The maximum atomic E-state index is 13.8. The topological polar surface area (TPSA) is 103 Å². The van der Waals surface area contributed by atoms with Crippen LogP contribution >= 0.6 is 0 Å². The summed E-state index contributed by atoms with van der Waals surface area (Å²) in [5.41, 5.74) is 1.94. The molecule has 9 nitrogen and oxygen atoms in total. The van der Waals surface area contributed by atoms with Crippen molar-refractivity contribution in [3.63, 3.8) is 0 Å². The molecule has 10 heteroatoms. The normalized spacial score (nSPS) is 15.4.